The lowest BCUT2D eigenvalue weighted by Gasteiger charge is -2.21. The molecule has 1 N–H and O–H groups in total. The smallest absolute Gasteiger partial charge is 0.221 e. The second-order valence-electron chi connectivity index (χ2n) is 4.90. The first-order chi connectivity index (χ1) is 8.65. The molecule has 1 heterocycles. The maximum atomic E-state index is 11.1. The van der Waals surface area contributed by atoms with Crippen molar-refractivity contribution in [2.24, 2.45) is 5.92 Å². The minimum atomic E-state index is -0.102. The summed E-state index contributed by atoms with van der Waals surface area (Å²) in [5.74, 6) is 0.646. The Balaban J connectivity index is 2.28. The number of carbonyl (C=O) groups excluding carboxylic acids is 1. The fraction of sp³-hybridized carbons (Fsp3) is 0.571. The van der Waals surface area contributed by atoms with Gasteiger partial charge in [-0.3, -0.25) is 4.79 Å². The van der Waals surface area contributed by atoms with E-state index >= 15 is 0 Å². The molecule has 18 heavy (non-hydrogen) atoms. The van der Waals surface area contributed by atoms with Gasteiger partial charge in [0.05, 0.1) is 5.56 Å². The van der Waals surface area contributed by atoms with Crippen LogP contribution in [-0.2, 0) is 17.6 Å². The van der Waals surface area contributed by atoms with Gasteiger partial charge in [-0.25, -0.2) is 0 Å². The number of rotatable bonds is 3. The van der Waals surface area contributed by atoms with E-state index in [0.717, 1.165) is 23.8 Å². The van der Waals surface area contributed by atoms with Gasteiger partial charge in [0.25, 0.3) is 0 Å². The van der Waals surface area contributed by atoms with Crippen LogP contribution in [0.15, 0.2) is 0 Å². The Morgan fingerprint density at radius 3 is 3.00 bits per heavy atom. The number of fused-ring (bicyclic) bond motifs is 1. The average Bonchev–Trinajstić information content (AvgIpc) is 2.64. The highest BCUT2D eigenvalue weighted by molar-refractivity contribution is 7.16. The first-order valence-corrected chi connectivity index (χ1v) is 7.29. The molecule has 1 aliphatic carbocycles. The van der Waals surface area contributed by atoms with Crippen LogP contribution in [0.4, 0.5) is 5.00 Å². The zero-order valence-corrected chi connectivity index (χ0v) is 11.7. The van der Waals surface area contributed by atoms with Gasteiger partial charge in [-0.05, 0) is 30.7 Å². The number of nitrogens with zero attached hydrogens (tertiary/aromatic N) is 1. The Hall–Kier alpha value is -1.34. The van der Waals surface area contributed by atoms with Gasteiger partial charge in [0.1, 0.15) is 11.1 Å². The molecule has 0 bridgehead atoms. The Kier molecular flexibility index (Phi) is 4.03. The molecule has 0 spiro atoms. The van der Waals surface area contributed by atoms with E-state index in [9.17, 15) is 10.1 Å². The number of carbonyl (C=O) groups is 1. The highest BCUT2D eigenvalue weighted by atomic mass is 32.1. The Labute approximate surface area is 112 Å². The van der Waals surface area contributed by atoms with Crippen LogP contribution < -0.4 is 5.32 Å². The fourth-order valence-corrected chi connectivity index (χ4v) is 4.03. The summed E-state index contributed by atoms with van der Waals surface area (Å²) in [6, 6.07) is 2.25. The van der Waals surface area contributed by atoms with Gasteiger partial charge in [0.2, 0.25) is 5.91 Å². The quantitative estimate of drug-likeness (QED) is 0.906. The SMILES string of the molecule is CCC[C@@H]1CCc2c(sc(NC(C)=O)c2C#N)C1. The third-order valence-corrected chi connectivity index (χ3v) is 4.64. The lowest BCUT2D eigenvalue weighted by molar-refractivity contribution is -0.114. The lowest BCUT2D eigenvalue weighted by atomic mass is 9.85. The molecule has 0 saturated heterocycles. The fourth-order valence-electron chi connectivity index (χ4n) is 2.68. The Bertz CT molecular complexity index is 499. The van der Waals surface area contributed by atoms with E-state index in [2.05, 4.69) is 18.3 Å². The zero-order chi connectivity index (χ0) is 13.1. The first-order valence-electron chi connectivity index (χ1n) is 6.47. The normalized spacial score (nSPS) is 17.9. The summed E-state index contributed by atoms with van der Waals surface area (Å²) >= 11 is 1.59. The molecule has 0 radical (unpaired) electrons. The van der Waals surface area contributed by atoms with Gasteiger partial charge in [0.15, 0.2) is 0 Å². The van der Waals surface area contributed by atoms with E-state index in [4.69, 9.17) is 0 Å². The van der Waals surface area contributed by atoms with E-state index in [1.165, 1.54) is 36.6 Å². The predicted octanol–water partition coefficient (Wildman–Crippen LogP) is 3.48. The Morgan fingerprint density at radius 1 is 1.61 bits per heavy atom. The van der Waals surface area contributed by atoms with Gasteiger partial charge in [-0.15, -0.1) is 11.3 Å². The number of nitriles is 1. The molecule has 96 valence electrons. The van der Waals surface area contributed by atoms with Crippen molar-refractivity contribution in [2.45, 2.75) is 46.0 Å². The summed E-state index contributed by atoms with van der Waals surface area (Å²) in [5.41, 5.74) is 1.87. The average molecular weight is 262 g/mol. The number of hydrogen-bond acceptors (Lipinski definition) is 3. The van der Waals surface area contributed by atoms with Gasteiger partial charge < -0.3 is 5.32 Å². The van der Waals surface area contributed by atoms with E-state index < -0.39 is 0 Å². The number of anilines is 1. The van der Waals surface area contributed by atoms with Gasteiger partial charge in [-0.1, -0.05) is 19.8 Å². The van der Waals surface area contributed by atoms with E-state index in [1.54, 1.807) is 11.3 Å². The molecule has 1 aromatic rings. The molecule has 1 atom stereocenters. The van der Waals surface area contributed by atoms with Crippen molar-refractivity contribution in [1.29, 1.82) is 5.26 Å². The highest BCUT2D eigenvalue weighted by Crippen LogP contribution is 2.40. The molecule has 0 unspecified atom stereocenters. The summed E-state index contributed by atoms with van der Waals surface area (Å²) in [5, 5.41) is 12.8. The topological polar surface area (TPSA) is 52.9 Å². The molecule has 0 fully saturated rings. The molecule has 4 heteroatoms. The van der Waals surface area contributed by atoms with Crippen LogP contribution in [0, 0.1) is 17.2 Å². The van der Waals surface area contributed by atoms with Crippen molar-refractivity contribution in [1.82, 2.24) is 0 Å². The molecule has 0 aliphatic heterocycles. The van der Waals surface area contributed by atoms with Gasteiger partial charge >= 0.3 is 0 Å². The third-order valence-electron chi connectivity index (χ3n) is 3.47. The maximum Gasteiger partial charge on any atom is 0.221 e. The molecule has 0 saturated carbocycles. The second kappa shape index (κ2) is 5.53. The van der Waals surface area contributed by atoms with Gasteiger partial charge in [-0.2, -0.15) is 5.26 Å². The van der Waals surface area contributed by atoms with Crippen molar-refractivity contribution in [3.05, 3.63) is 16.0 Å². The maximum absolute atomic E-state index is 11.1. The Morgan fingerprint density at radius 2 is 2.39 bits per heavy atom. The van der Waals surface area contributed by atoms with Crippen molar-refractivity contribution in [3.8, 4) is 6.07 Å². The number of nitrogens with one attached hydrogen (secondary N) is 1. The third kappa shape index (κ3) is 2.56. The molecular weight excluding hydrogens is 244 g/mol. The van der Waals surface area contributed by atoms with Crippen molar-refractivity contribution < 1.29 is 4.79 Å². The summed E-state index contributed by atoms with van der Waals surface area (Å²) < 4.78 is 0. The molecule has 1 amide bonds. The van der Waals surface area contributed by atoms with Crippen LogP contribution in [0.5, 0.6) is 0 Å². The number of thiophene rings is 1. The van der Waals surface area contributed by atoms with Crippen molar-refractivity contribution >= 4 is 22.2 Å². The van der Waals surface area contributed by atoms with Crippen LogP contribution >= 0.6 is 11.3 Å². The number of hydrogen-bond donors (Lipinski definition) is 1. The molecule has 1 aliphatic rings. The van der Waals surface area contributed by atoms with Crippen molar-refractivity contribution in [2.75, 3.05) is 5.32 Å². The monoisotopic (exact) mass is 262 g/mol. The standard InChI is InChI=1S/C14H18N2OS/c1-3-4-10-5-6-11-12(8-15)14(16-9(2)17)18-13(11)7-10/h10H,3-7H2,1-2H3,(H,16,17)/t10-/m1/s1. The van der Waals surface area contributed by atoms with E-state index in [0.29, 0.717) is 5.56 Å². The van der Waals surface area contributed by atoms with Crippen LogP contribution in [0.2, 0.25) is 0 Å². The number of amides is 1. The van der Waals surface area contributed by atoms with Crippen LogP contribution in [0.25, 0.3) is 0 Å². The van der Waals surface area contributed by atoms with Crippen LogP contribution in [0.1, 0.15) is 49.1 Å². The summed E-state index contributed by atoms with van der Waals surface area (Å²) in [6.07, 6.45) is 5.70. The molecule has 3 nitrogen and oxygen atoms in total. The highest BCUT2D eigenvalue weighted by Gasteiger charge is 2.25. The molecular formula is C14H18N2OS. The van der Waals surface area contributed by atoms with Crippen LogP contribution in [-0.4, -0.2) is 5.91 Å². The van der Waals surface area contributed by atoms with Crippen molar-refractivity contribution in [3.63, 3.8) is 0 Å². The zero-order valence-electron chi connectivity index (χ0n) is 10.9. The van der Waals surface area contributed by atoms with E-state index in [-0.39, 0.29) is 5.91 Å². The summed E-state index contributed by atoms with van der Waals surface area (Å²) in [4.78, 5) is 12.5. The largest absolute Gasteiger partial charge is 0.317 e. The minimum Gasteiger partial charge on any atom is -0.317 e. The van der Waals surface area contributed by atoms with Gasteiger partial charge in [0, 0.05) is 11.8 Å². The van der Waals surface area contributed by atoms with E-state index in [1.807, 2.05) is 0 Å². The lowest BCUT2D eigenvalue weighted by Crippen LogP contribution is -2.12. The summed E-state index contributed by atoms with van der Waals surface area (Å²) in [7, 11) is 0. The molecule has 1 aromatic heterocycles. The van der Waals surface area contributed by atoms with Crippen LogP contribution in [0.3, 0.4) is 0 Å². The molecule has 0 aromatic carbocycles. The second-order valence-corrected chi connectivity index (χ2v) is 6.00. The summed E-state index contributed by atoms with van der Waals surface area (Å²) in [6.45, 7) is 3.70. The minimum absolute atomic E-state index is 0.102. The first kappa shape index (κ1) is 13.1. The molecule has 2 rings (SSSR count). The predicted molar refractivity (Wildman–Crippen MR) is 73.8 cm³/mol.